The molecule has 0 radical (unpaired) electrons. The summed E-state index contributed by atoms with van der Waals surface area (Å²) in [5.74, 6) is 0.113. The number of likely N-dealkylation sites (tertiary alicyclic amines) is 1. The Kier molecular flexibility index (Phi) is 5.16. The first-order valence-corrected chi connectivity index (χ1v) is 8.79. The van der Waals surface area contributed by atoms with Gasteiger partial charge in [0.2, 0.25) is 0 Å². The number of nitrogens with one attached hydrogen (secondary N) is 1. The van der Waals surface area contributed by atoms with Crippen LogP contribution < -0.4 is 5.32 Å². The first kappa shape index (κ1) is 18.0. The van der Waals surface area contributed by atoms with E-state index in [2.05, 4.69) is 23.4 Å². The van der Waals surface area contributed by atoms with Crippen molar-refractivity contribution in [3.05, 3.63) is 47.3 Å². The molecule has 5 nitrogen and oxygen atoms in total. The molecule has 1 aromatic carbocycles. The van der Waals surface area contributed by atoms with Crippen molar-refractivity contribution >= 4 is 18.3 Å². The Morgan fingerprint density at radius 3 is 2.72 bits per heavy atom. The van der Waals surface area contributed by atoms with E-state index in [4.69, 9.17) is 0 Å². The highest BCUT2D eigenvalue weighted by molar-refractivity contribution is 5.95. The van der Waals surface area contributed by atoms with Crippen LogP contribution in [0.5, 0.6) is 0 Å². The van der Waals surface area contributed by atoms with Crippen molar-refractivity contribution in [3.63, 3.8) is 0 Å². The van der Waals surface area contributed by atoms with Gasteiger partial charge in [0.25, 0.3) is 5.91 Å². The highest BCUT2D eigenvalue weighted by Crippen LogP contribution is 2.23. The van der Waals surface area contributed by atoms with Gasteiger partial charge in [0.15, 0.2) is 0 Å². The smallest absolute Gasteiger partial charge is 0.257 e. The summed E-state index contributed by atoms with van der Waals surface area (Å²) in [6.07, 6.45) is 5.20. The largest absolute Gasteiger partial charge is 0.337 e. The SMILES string of the molecule is Cc1ccccc1-n1ncc(C(=O)N2CCC3CCC(C2)N3)c1C.Cl. The second-order valence-electron chi connectivity index (χ2n) is 7.02. The van der Waals surface area contributed by atoms with Gasteiger partial charge in [-0.15, -0.1) is 12.4 Å². The maximum atomic E-state index is 13.0. The number of halogens is 1. The van der Waals surface area contributed by atoms with Crippen LogP contribution in [-0.2, 0) is 0 Å². The molecule has 1 aromatic heterocycles. The summed E-state index contributed by atoms with van der Waals surface area (Å²) in [7, 11) is 0. The van der Waals surface area contributed by atoms with Gasteiger partial charge in [-0.3, -0.25) is 4.79 Å². The molecule has 2 aromatic rings. The van der Waals surface area contributed by atoms with Crippen LogP contribution in [0.4, 0.5) is 0 Å². The Hall–Kier alpha value is -1.85. The van der Waals surface area contributed by atoms with E-state index < -0.39 is 0 Å². The molecule has 2 atom stereocenters. The third-order valence-electron chi connectivity index (χ3n) is 5.39. The van der Waals surface area contributed by atoms with Gasteiger partial charge < -0.3 is 10.2 Å². The minimum atomic E-state index is 0. The fourth-order valence-electron chi connectivity index (χ4n) is 3.96. The van der Waals surface area contributed by atoms with E-state index in [-0.39, 0.29) is 18.3 Å². The first-order valence-electron chi connectivity index (χ1n) is 8.79. The van der Waals surface area contributed by atoms with Crippen LogP contribution in [0.25, 0.3) is 5.69 Å². The third kappa shape index (κ3) is 3.31. The van der Waals surface area contributed by atoms with Crippen LogP contribution in [0.3, 0.4) is 0 Å². The van der Waals surface area contributed by atoms with E-state index in [1.54, 1.807) is 6.20 Å². The lowest BCUT2D eigenvalue weighted by Gasteiger charge is -2.24. The van der Waals surface area contributed by atoms with Crippen molar-refractivity contribution in [2.45, 2.75) is 45.2 Å². The van der Waals surface area contributed by atoms with Crippen LogP contribution in [-0.4, -0.2) is 45.8 Å². The fourth-order valence-corrected chi connectivity index (χ4v) is 3.96. The van der Waals surface area contributed by atoms with Gasteiger partial charge in [-0.2, -0.15) is 5.10 Å². The zero-order chi connectivity index (χ0) is 16.7. The van der Waals surface area contributed by atoms with E-state index in [1.807, 2.05) is 34.7 Å². The second kappa shape index (κ2) is 7.18. The zero-order valence-corrected chi connectivity index (χ0v) is 15.6. The number of para-hydroxylation sites is 1. The Morgan fingerprint density at radius 2 is 1.92 bits per heavy atom. The highest BCUT2D eigenvalue weighted by atomic mass is 35.5. The summed E-state index contributed by atoms with van der Waals surface area (Å²) in [5.41, 5.74) is 3.82. The summed E-state index contributed by atoms with van der Waals surface area (Å²) in [5, 5.41) is 8.12. The molecule has 134 valence electrons. The van der Waals surface area contributed by atoms with Gasteiger partial charge in [-0.25, -0.2) is 4.68 Å². The van der Waals surface area contributed by atoms with Gasteiger partial charge in [-0.1, -0.05) is 18.2 Å². The van der Waals surface area contributed by atoms with Crippen LogP contribution in [0.1, 0.15) is 40.9 Å². The average molecular weight is 361 g/mol. The lowest BCUT2D eigenvalue weighted by atomic mass is 10.1. The number of hydrogen-bond acceptors (Lipinski definition) is 3. The normalized spacial score (nSPS) is 22.4. The molecule has 0 spiro atoms. The number of aromatic nitrogens is 2. The van der Waals surface area contributed by atoms with E-state index >= 15 is 0 Å². The second-order valence-corrected chi connectivity index (χ2v) is 7.02. The quantitative estimate of drug-likeness (QED) is 0.895. The molecule has 2 bridgehead atoms. The predicted molar refractivity (Wildman–Crippen MR) is 101 cm³/mol. The number of amides is 1. The van der Waals surface area contributed by atoms with E-state index in [1.165, 1.54) is 12.8 Å². The Bertz CT molecular complexity index is 773. The van der Waals surface area contributed by atoms with Crippen molar-refractivity contribution in [2.24, 2.45) is 0 Å². The Labute approximate surface area is 154 Å². The number of fused-ring (bicyclic) bond motifs is 2. The van der Waals surface area contributed by atoms with Crippen molar-refractivity contribution in [1.82, 2.24) is 20.0 Å². The highest BCUT2D eigenvalue weighted by Gasteiger charge is 2.32. The number of hydrogen-bond donors (Lipinski definition) is 1. The summed E-state index contributed by atoms with van der Waals surface area (Å²) in [6.45, 7) is 5.69. The monoisotopic (exact) mass is 360 g/mol. The summed E-state index contributed by atoms with van der Waals surface area (Å²) in [6, 6.07) is 9.16. The number of carbonyl (C=O) groups is 1. The van der Waals surface area contributed by atoms with Gasteiger partial charge in [-0.05, 0) is 44.7 Å². The molecule has 1 N–H and O–H groups in total. The molecule has 6 heteroatoms. The molecule has 4 rings (SSSR count). The maximum absolute atomic E-state index is 13.0. The summed E-state index contributed by atoms with van der Waals surface area (Å²) < 4.78 is 1.88. The molecule has 2 aliphatic rings. The molecular weight excluding hydrogens is 336 g/mol. The lowest BCUT2D eigenvalue weighted by Crippen LogP contribution is -2.39. The van der Waals surface area contributed by atoms with E-state index in [9.17, 15) is 4.79 Å². The molecule has 0 aliphatic carbocycles. The molecule has 3 heterocycles. The molecule has 1 amide bonds. The van der Waals surface area contributed by atoms with Crippen LogP contribution in [0, 0.1) is 13.8 Å². The number of carbonyl (C=O) groups excluding carboxylic acids is 1. The zero-order valence-electron chi connectivity index (χ0n) is 14.7. The number of aryl methyl sites for hydroxylation is 1. The average Bonchev–Trinajstić information content (AvgIpc) is 3.10. The topological polar surface area (TPSA) is 50.2 Å². The third-order valence-corrected chi connectivity index (χ3v) is 5.39. The molecule has 2 aliphatic heterocycles. The fraction of sp³-hybridized carbons (Fsp3) is 0.474. The first-order chi connectivity index (χ1) is 11.6. The minimum absolute atomic E-state index is 0. The Morgan fingerprint density at radius 1 is 1.16 bits per heavy atom. The Balaban J connectivity index is 0.00000182. The molecule has 2 fully saturated rings. The van der Waals surface area contributed by atoms with Gasteiger partial charge in [0.05, 0.1) is 23.1 Å². The standard InChI is InChI=1S/C19H24N4O.ClH/c1-13-5-3-4-6-18(13)23-14(2)17(11-20-23)19(24)22-10-9-15-7-8-16(12-22)21-15;/h3-6,11,15-16,21H,7-10,12H2,1-2H3;1H. The molecule has 25 heavy (non-hydrogen) atoms. The van der Waals surface area contributed by atoms with E-state index in [0.717, 1.165) is 42.0 Å². The van der Waals surface area contributed by atoms with Crippen molar-refractivity contribution in [2.75, 3.05) is 13.1 Å². The molecular formula is C19H25ClN4O. The maximum Gasteiger partial charge on any atom is 0.257 e. The molecule has 2 unspecified atom stereocenters. The van der Waals surface area contributed by atoms with Crippen LogP contribution in [0.2, 0.25) is 0 Å². The number of nitrogens with zero attached hydrogens (tertiary/aromatic N) is 3. The van der Waals surface area contributed by atoms with Crippen LogP contribution >= 0.6 is 12.4 Å². The summed E-state index contributed by atoms with van der Waals surface area (Å²) in [4.78, 5) is 15.0. The number of rotatable bonds is 2. The summed E-state index contributed by atoms with van der Waals surface area (Å²) >= 11 is 0. The van der Waals surface area contributed by atoms with E-state index in [0.29, 0.717) is 12.1 Å². The molecule has 2 saturated heterocycles. The predicted octanol–water partition coefficient (Wildman–Crippen LogP) is 2.88. The number of benzene rings is 1. The van der Waals surface area contributed by atoms with Crippen molar-refractivity contribution < 1.29 is 4.79 Å². The van der Waals surface area contributed by atoms with Crippen molar-refractivity contribution in [3.8, 4) is 5.69 Å². The minimum Gasteiger partial charge on any atom is -0.337 e. The molecule has 0 saturated carbocycles. The van der Waals surface area contributed by atoms with Gasteiger partial charge in [0.1, 0.15) is 0 Å². The lowest BCUT2D eigenvalue weighted by molar-refractivity contribution is 0.0747. The van der Waals surface area contributed by atoms with Gasteiger partial charge in [0, 0.05) is 25.2 Å². The van der Waals surface area contributed by atoms with Crippen molar-refractivity contribution in [1.29, 1.82) is 0 Å². The van der Waals surface area contributed by atoms with Gasteiger partial charge >= 0.3 is 0 Å². The van der Waals surface area contributed by atoms with Crippen LogP contribution in [0.15, 0.2) is 30.5 Å².